The number of benzene rings is 1. The van der Waals surface area contributed by atoms with Crippen molar-refractivity contribution >= 4 is 16.9 Å². The Balaban J connectivity index is 1.75. The normalized spacial score (nSPS) is 17.1. The molecule has 4 rings (SSSR count). The number of hydrogen-bond donors (Lipinski definition) is 1. The van der Waals surface area contributed by atoms with Crippen LogP contribution in [0.4, 0.5) is 10.2 Å². The van der Waals surface area contributed by atoms with Crippen molar-refractivity contribution in [3.8, 4) is 5.75 Å². The highest BCUT2D eigenvalue weighted by Crippen LogP contribution is 2.35. The molecule has 7 heteroatoms. The number of aromatic nitrogens is 3. The Labute approximate surface area is 125 Å². The Morgan fingerprint density at radius 1 is 1.32 bits per heavy atom. The average Bonchev–Trinajstić information content (AvgIpc) is 2.90. The van der Waals surface area contributed by atoms with Crippen molar-refractivity contribution in [2.75, 3.05) is 11.9 Å². The van der Waals surface area contributed by atoms with Gasteiger partial charge in [-0.25, -0.2) is 9.37 Å². The van der Waals surface area contributed by atoms with Crippen LogP contribution in [0.2, 0.25) is 0 Å². The van der Waals surface area contributed by atoms with E-state index in [9.17, 15) is 4.39 Å². The standard InChI is InChI=1S/C15H13FN4O2/c1-8-13-14(17-7-18-15(13)22-20-8)19-11-4-5-21-12-3-2-9(16)6-10(11)12/h2-3,6-7,11H,4-5H2,1H3,(H,17,18,19). The van der Waals surface area contributed by atoms with Crippen LogP contribution in [0, 0.1) is 12.7 Å². The fraction of sp³-hybridized carbons (Fsp3) is 0.267. The number of ether oxygens (including phenoxy) is 1. The first kappa shape index (κ1) is 13.0. The molecule has 0 bridgehead atoms. The van der Waals surface area contributed by atoms with Crippen molar-refractivity contribution in [2.45, 2.75) is 19.4 Å². The second-order valence-corrected chi connectivity index (χ2v) is 5.19. The third-order valence-corrected chi connectivity index (χ3v) is 3.77. The lowest BCUT2D eigenvalue weighted by atomic mass is 10.0. The van der Waals surface area contributed by atoms with Crippen LogP contribution in [0.15, 0.2) is 29.0 Å². The summed E-state index contributed by atoms with van der Waals surface area (Å²) in [4.78, 5) is 8.32. The maximum absolute atomic E-state index is 13.5. The number of nitrogens with one attached hydrogen (secondary N) is 1. The van der Waals surface area contributed by atoms with Crippen molar-refractivity contribution in [1.82, 2.24) is 15.1 Å². The van der Waals surface area contributed by atoms with Crippen LogP contribution in [0.3, 0.4) is 0 Å². The van der Waals surface area contributed by atoms with Gasteiger partial charge in [-0.05, 0) is 25.1 Å². The van der Waals surface area contributed by atoms with Crippen molar-refractivity contribution in [3.05, 3.63) is 41.6 Å². The molecule has 0 saturated heterocycles. The molecule has 3 aromatic rings. The third-order valence-electron chi connectivity index (χ3n) is 3.77. The molecule has 2 aromatic heterocycles. The van der Waals surface area contributed by atoms with Crippen LogP contribution < -0.4 is 10.1 Å². The minimum absolute atomic E-state index is 0.0909. The minimum atomic E-state index is -0.287. The molecule has 0 amide bonds. The molecular formula is C15H13FN4O2. The predicted octanol–water partition coefficient (Wildman–Crippen LogP) is 3.00. The van der Waals surface area contributed by atoms with Gasteiger partial charge in [0.15, 0.2) is 0 Å². The fourth-order valence-corrected chi connectivity index (χ4v) is 2.71. The number of halogens is 1. The van der Waals surface area contributed by atoms with Gasteiger partial charge in [0.25, 0.3) is 5.71 Å². The number of fused-ring (bicyclic) bond motifs is 2. The number of nitrogens with zero attached hydrogens (tertiary/aromatic N) is 3. The van der Waals surface area contributed by atoms with E-state index in [1.54, 1.807) is 6.07 Å². The van der Waals surface area contributed by atoms with E-state index in [1.165, 1.54) is 18.5 Å². The molecule has 1 aliphatic rings. The molecule has 22 heavy (non-hydrogen) atoms. The molecule has 0 radical (unpaired) electrons. The summed E-state index contributed by atoms with van der Waals surface area (Å²) in [5.74, 6) is 1.04. The molecule has 1 unspecified atom stereocenters. The first-order valence-electron chi connectivity index (χ1n) is 6.98. The molecule has 0 spiro atoms. The Kier molecular flexibility index (Phi) is 2.92. The lowest BCUT2D eigenvalue weighted by Crippen LogP contribution is -2.21. The summed E-state index contributed by atoms with van der Waals surface area (Å²) in [5.41, 5.74) is 1.93. The molecule has 0 fully saturated rings. The van der Waals surface area contributed by atoms with Gasteiger partial charge in [-0.15, -0.1) is 0 Å². The zero-order chi connectivity index (χ0) is 15.1. The zero-order valence-corrected chi connectivity index (χ0v) is 11.8. The first-order valence-corrected chi connectivity index (χ1v) is 6.98. The predicted molar refractivity (Wildman–Crippen MR) is 77.2 cm³/mol. The Morgan fingerprint density at radius 2 is 2.23 bits per heavy atom. The van der Waals surface area contributed by atoms with Crippen molar-refractivity contribution < 1.29 is 13.7 Å². The molecule has 1 atom stereocenters. The monoisotopic (exact) mass is 300 g/mol. The quantitative estimate of drug-likeness (QED) is 0.784. The van der Waals surface area contributed by atoms with Crippen LogP contribution in [-0.4, -0.2) is 21.7 Å². The maximum atomic E-state index is 13.5. The van der Waals surface area contributed by atoms with Crippen LogP contribution >= 0.6 is 0 Å². The molecule has 3 heterocycles. The lowest BCUT2D eigenvalue weighted by Gasteiger charge is -2.27. The second-order valence-electron chi connectivity index (χ2n) is 5.19. The number of rotatable bonds is 2. The lowest BCUT2D eigenvalue weighted by molar-refractivity contribution is 0.273. The number of anilines is 1. The molecule has 112 valence electrons. The molecule has 6 nitrogen and oxygen atoms in total. The van der Waals surface area contributed by atoms with Crippen molar-refractivity contribution in [1.29, 1.82) is 0 Å². The Bertz CT molecular complexity index is 849. The highest BCUT2D eigenvalue weighted by Gasteiger charge is 2.24. The summed E-state index contributed by atoms with van der Waals surface area (Å²) in [6.07, 6.45) is 2.13. The van der Waals surface area contributed by atoms with Crippen molar-refractivity contribution in [2.24, 2.45) is 0 Å². The molecule has 0 aliphatic carbocycles. The van der Waals surface area contributed by atoms with E-state index in [1.807, 2.05) is 6.92 Å². The molecule has 1 N–H and O–H groups in total. The molecule has 0 saturated carbocycles. The van der Waals surface area contributed by atoms with Crippen LogP contribution in [0.1, 0.15) is 23.7 Å². The largest absolute Gasteiger partial charge is 0.493 e. The molecule has 1 aliphatic heterocycles. The van der Waals surface area contributed by atoms with Gasteiger partial charge in [0.05, 0.1) is 18.3 Å². The van der Waals surface area contributed by atoms with E-state index in [4.69, 9.17) is 9.26 Å². The Hall–Kier alpha value is -2.70. The van der Waals surface area contributed by atoms with E-state index in [2.05, 4.69) is 20.4 Å². The molecular weight excluding hydrogens is 287 g/mol. The van der Waals surface area contributed by atoms with Gasteiger partial charge >= 0.3 is 0 Å². The molecule has 1 aromatic carbocycles. The Morgan fingerprint density at radius 3 is 3.14 bits per heavy atom. The maximum Gasteiger partial charge on any atom is 0.263 e. The van der Waals surface area contributed by atoms with E-state index in [0.717, 1.165) is 10.9 Å². The summed E-state index contributed by atoms with van der Waals surface area (Å²) in [6.45, 7) is 2.39. The highest BCUT2D eigenvalue weighted by molar-refractivity contribution is 5.87. The number of hydrogen-bond acceptors (Lipinski definition) is 6. The topological polar surface area (TPSA) is 73.1 Å². The zero-order valence-electron chi connectivity index (χ0n) is 11.8. The van der Waals surface area contributed by atoms with Gasteiger partial charge in [0, 0.05) is 12.0 Å². The highest BCUT2D eigenvalue weighted by atomic mass is 19.1. The summed E-state index contributed by atoms with van der Waals surface area (Å²) < 4.78 is 24.3. The van der Waals surface area contributed by atoms with Crippen LogP contribution in [-0.2, 0) is 0 Å². The van der Waals surface area contributed by atoms with E-state index < -0.39 is 0 Å². The van der Waals surface area contributed by atoms with E-state index >= 15 is 0 Å². The van der Waals surface area contributed by atoms with Gasteiger partial charge in [-0.1, -0.05) is 5.16 Å². The van der Waals surface area contributed by atoms with E-state index in [0.29, 0.717) is 36.0 Å². The van der Waals surface area contributed by atoms with Gasteiger partial charge < -0.3 is 14.6 Å². The van der Waals surface area contributed by atoms with Crippen molar-refractivity contribution in [3.63, 3.8) is 0 Å². The van der Waals surface area contributed by atoms with Gasteiger partial charge in [-0.2, -0.15) is 4.98 Å². The van der Waals surface area contributed by atoms with E-state index in [-0.39, 0.29) is 11.9 Å². The first-order chi connectivity index (χ1) is 10.7. The third kappa shape index (κ3) is 2.05. The summed E-state index contributed by atoms with van der Waals surface area (Å²) >= 11 is 0. The summed E-state index contributed by atoms with van der Waals surface area (Å²) in [6, 6.07) is 4.45. The fourth-order valence-electron chi connectivity index (χ4n) is 2.71. The van der Waals surface area contributed by atoms with Gasteiger partial charge in [0.2, 0.25) is 0 Å². The SMILES string of the molecule is Cc1noc2ncnc(NC3CCOc4ccc(F)cc43)c12. The van der Waals surface area contributed by atoms with Gasteiger partial charge in [0.1, 0.15) is 29.1 Å². The van der Waals surface area contributed by atoms with Crippen LogP contribution in [0.25, 0.3) is 11.1 Å². The summed E-state index contributed by atoms with van der Waals surface area (Å²) in [7, 11) is 0. The summed E-state index contributed by atoms with van der Waals surface area (Å²) in [5, 5.41) is 7.98. The smallest absolute Gasteiger partial charge is 0.263 e. The van der Waals surface area contributed by atoms with Crippen LogP contribution in [0.5, 0.6) is 5.75 Å². The second kappa shape index (κ2) is 4.94. The minimum Gasteiger partial charge on any atom is -0.493 e. The number of aryl methyl sites for hydroxylation is 1. The average molecular weight is 300 g/mol. The van der Waals surface area contributed by atoms with Gasteiger partial charge in [-0.3, -0.25) is 0 Å².